The minimum Gasteiger partial charge on any atom is -0.354 e. The van der Waals surface area contributed by atoms with Crippen LogP contribution >= 0.6 is 0 Å². The van der Waals surface area contributed by atoms with Crippen molar-refractivity contribution in [1.29, 1.82) is 0 Å². The molecule has 108 valence electrons. The van der Waals surface area contributed by atoms with Gasteiger partial charge in [-0.2, -0.15) is 5.10 Å². The Morgan fingerprint density at radius 2 is 2.24 bits per heavy atom. The standard InChI is InChI=1S/C13H14N6O2/c20-12-7-18(5-1-4-15-12)13(21)10-2-3-11(16-6-10)19-9-14-8-17-19/h2-3,6,8-9H,1,4-5,7H2,(H,15,20). The highest BCUT2D eigenvalue weighted by atomic mass is 16.2. The van der Waals surface area contributed by atoms with Crippen molar-refractivity contribution in [3.8, 4) is 5.82 Å². The van der Waals surface area contributed by atoms with Gasteiger partial charge in [0.2, 0.25) is 5.91 Å². The van der Waals surface area contributed by atoms with Crippen molar-refractivity contribution < 1.29 is 9.59 Å². The zero-order valence-electron chi connectivity index (χ0n) is 11.3. The summed E-state index contributed by atoms with van der Waals surface area (Å²) in [5.74, 6) is 0.260. The number of aromatic nitrogens is 4. The lowest BCUT2D eigenvalue weighted by Crippen LogP contribution is -2.37. The van der Waals surface area contributed by atoms with Gasteiger partial charge in [0.05, 0.1) is 12.1 Å². The van der Waals surface area contributed by atoms with Crippen LogP contribution in [0.25, 0.3) is 5.82 Å². The van der Waals surface area contributed by atoms with E-state index in [1.165, 1.54) is 28.4 Å². The van der Waals surface area contributed by atoms with Crippen molar-refractivity contribution in [2.24, 2.45) is 0 Å². The summed E-state index contributed by atoms with van der Waals surface area (Å²) in [6.07, 6.45) is 5.18. The van der Waals surface area contributed by atoms with Crippen molar-refractivity contribution >= 4 is 11.8 Å². The predicted molar refractivity (Wildman–Crippen MR) is 72.7 cm³/mol. The van der Waals surface area contributed by atoms with E-state index in [9.17, 15) is 9.59 Å². The van der Waals surface area contributed by atoms with Crippen LogP contribution in [0.4, 0.5) is 0 Å². The number of carbonyl (C=O) groups is 2. The Kier molecular flexibility index (Phi) is 3.59. The average Bonchev–Trinajstić information content (AvgIpc) is 2.96. The smallest absolute Gasteiger partial charge is 0.255 e. The zero-order chi connectivity index (χ0) is 14.7. The number of hydrogen-bond acceptors (Lipinski definition) is 5. The van der Waals surface area contributed by atoms with Gasteiger partial charge in [0.25, 0.3) is 5.91 Å². The number of rotatable bonds is 2. The van der Waals surface area contributed by atoms with E-state index in [1.54, 1.807) is 12.1 Å². The summed E-state index contributed by atoms with van der Waals surface area (Å²) in [7, 11) is 0. The summed E-state index contributed by atoms with van der Waals surface area (Å²) >= 11 is 0. The molecule has 0 radical (unpaired) electrons. The third-order valence-electron chi connectivity index (χ3n) is 3.20. The van der Waals surface area contributed by atoms with Crippen molar-refractivity contribution in [2.75, 3.05) is 19.6 Å². The maximum atomic E-state index is 12.4. The number of carbonyl (C=O) groups excluding carboxylic acids is 2. The van der Waals surface area contributed by atoms with Crippen molar-refractivity contribution in [2.45, 2.75) is 6.42 Å². The molecule has 0 atom stereocenters. The van der Waals surface area contributed by atoms with Crippen LogP contribution in [0.3, 0.4) is 0 Å². The molecule has 21 heavy (non-hydrogen) atoms. The summed E-state index contributed by atoms with van der Waals surface area (Å²) in [6.45, 7) is 1.25. The normalized spacial score (nSPS) is 15.4. The first-order valence-corrected chi connectivity index (χ1v) is 6.61. The number of nitrogens with one attached hydrogen (secondary N) is 1. The number of amides is 2. The van der Waals surface area contributed by atoms with Gasteiger partial charge < -0.3 is 10.2 Å². The highest BCUT2D eigenvalue weighted by molar-refractivity contribution is 5.96. The Labute approximate surface area is 120 Å². The summed E-state index contributed by atoms with van der Waals surface area (Å²) in [5.41, 5.74) is 0.452. The van der Waals surface area contributed by atoms with E-state index >= 15 is 0 Å². The second kappa shape index (κ2) is 5.70. The van der Waals surface area contributed by atoms with Crippen LogP contribution in [0.1, 0.15) is 16.8 Å². The SMILES string of the molecule is O=C1CN(C(=O)c2ccc(-n3cncn3)nc2)CCCN1. The van der Waals surface area contributed by atoms with Crippen molar-refractivity contribution in [1.82, 2.24) is 30.0 Å². The van der Waals surface area contributed by atoms with Gasteiger partial charge in [-0.3, -0.25) is 9.59 Å². The van der Waals surface area contributed by atoms with Gasteiger partial charge >= 0.3 is 0 Å². The second-order valence-corrected chi connectivity index (χ2v) is 4.68. The monoisotopic (exact) mass is 286 g/mol. The fourth-order valence-corrected chi connectivity index (χ4v) is 2.14. The van der Waals surface area contributed by atoms with Gasteiger partial charge in [-0.1, -0.05) is 0 Å². The molecule has 1 aliphatic rings. The molecule has 2 amide bonds. The van der Waals surface area contributed by atoms with E-state index in [0.717, 1.165) is 6.42 Å². The Morgan fingerprint density at radius 1 is 1.33 bits per heavy atom. The first-order valence-electron chi connectivity index (χ1n) is 6.61. The van der Waals surface area contributed by atoms with Crippen LogP contribution in [0.15, 0.2) is 31.0 Å². The highest BCUT2D eigenvalue weighted by Crippen LogP contribution is 2.08. The molecular weight excluding hydrogens is 272 g/mol. The van der Waals surface area contributed by atoms with Gasteiger partial charge in [0, 0.05) is 19.3 Å². The van der Waals surface area contributed by atoms with Crippen LogP contribution < -0.4 is 5.32 Å². The molecule has 1 saturated heterocycles. The molecule has 8 heteroatoms. The van der Waals surface area contributed by atoms with Gasteiger partial charge in [0.1, 0.15) is 12.7 Å². The molecule has 0 bridgehead atoms. The lowest BCUT2D eigenvalue weighted by atomic mass is 10.2. The molecule has 1 aliphatic heterocycles. The largest absolute Gasteiger partial charge is 0.354 e. The molecule has 0 saturated carbocycles. The maximum Gasteiger partial charge on any atom is 0.255 e. The lowest BCUT2D eigenvalue weighted by Gasteiger charge is -2.18. The van der Waals surface area contributed by atoms with E-state index in [0.29, 0.717) is 24.5 Å². The van der Waals surface area contributed by atoms with E-state index in [4.69, 9.17) is 0 Å². The van der Waals surface area contributed by atoms with Crippen LogP contribution in [-0.4, -0.2) is 56.1 Å². The van der Waals surface area contributed by atoms with Gasteiger partial charge in [-0.05, 0) is 18.6 Å². The summed E-state index contributed by atoms with van der Waals surface area (Å²) in [6, 6.07) is 3.37. The van der Waals surface area contributed by atoms with E-state index in [2.05, 4.69) is 20.4 Å². The molecule has 2 aromatic rings. The Balaban J connectivity index is 1.77. The summed E-state index contributed by atoms with van der Waals surface area (Å²) < 4.78 is 1.51. The van der Waals surface area contributed by atoms with E-state index in [-0.39, 0.29) is 18.4 Å². The van der Waals surface area contributed by atoms with E-state index in [1.807, 2.05) is 0 Å². The molecule has 0 spiro atoms. The first kappa shape index (κ1) is 13.2. The van der Waals surface area contributed by atoms with Crippen LogP contribution in [0.5, 0.6) is 0 Å². The molecular formula is C13H14N6O2. The zero-order valence-corrected chi connectivity index (χ0v) is 11.3. The fourth-order valence-electron chi connectivity index (χ4n) is 2.14. The molecule has 3 rings (SSSR count). The first-order chi connectivity index (χ1) is 10.2. The molecule has 2 aromatic heterocycles. The molecule has 0 unspecified atom stereocenters. The summed E-state index contributed by atoms with van der Waals surface area (Å²) in [4.78, 5) is 33.4. The molecule has 8 nitrogen and oxygen atoms in total. The second-order valence-electron chi connectivity index (χ2n) is 4.68. The third kappa shape index (κ3) is 2.88. The van der Waals surface area contributed by atoms with Crippen LogP contribution in [0.2, 0.25) is 0 Å². The lowest BCUT2D eigenvalue weighted by molar-refractivity contribution is -0.121. The Morgan fingerprint density at radius 3 is 2.95 bits per heavy atom. The topological polar surface area (TPSA) is 93.0 Å². The Bertz CT molecular complexity index is 637. The van der Waals surface area contributed by atoms with Gasteiger partial charge in [-0.25, -0.2) is 14.6 Å². The molecule has 0 aromatic carbocycles. The molecule has 3 heterocycles. The third-order valence-corrected chi connectivity index (χ3v) is 3.20. The minimum absolute atomic E-state index is 0.0870. The predicted octanol–water partition coefficient (Wildman–Crippen LogP) is -0.376. The average molecular weight is 286 g/mol. The number of pyridine rings is 1. The number of nitrogens with zero attached hydrogens (tertiary/aromatic N) is 5. The van der Waals surface area contributed by atoms with Crippen LogP contribution in [-0.2, 0) is 4.79 Å². The van der Waals surface area contributed by atoms with Gasteiger partial charge in [-0.15, -0.1) is 0 Å². The molecule has 0 aliphatic carbocycles. The highest BCUT2D eigenvalue weighted by Gasteiger charge is 2.21. The van der Waals surface area contributed by atoms with Crippen molar-refractivity contribution in [3.05, 3.63) is 36.5 Å². The van der Waals surface area contributed by atoms with Crippen molar-refractivity contribution in [3.63, 3.8) is 0 Å². The molecule has 1 N–H and O–H groups in total. The summed E-state index contributed by atoms with van der Waals surface area (Å²) in [5, 5.41) is 6.71. The number of hydrogen-bond donors (Lipinski definition) is 1. The van der Waals surface area contributed by atoms with E-state index < -0.39 is 0 Å². The Hall–Kier alpha value is -2.77. The van der Waals surface area contributed by atoms with Gasteiger partial charge in [0.15, 0.2) is 5.82 Å². The fraction of sp³-hybridized carbons (Fsp3) is 0.308. The quantitative estimate of drug-likeness (QED) is 0.812. The molecule has 1 fully saturated rings. The maximum absolute atomic E-state index is 12.4. The minimum atomic E-state index is -0.190. The van der Waals surface area contributed by atoms with Crippen LogP contribution in [0, 0.1) is 0 Å².